The fraction of sp³-hybridized carbons (Fsp3) is 0.833. The first-order chi connectivity index (χ1) is 8.63. The van der Waals surface area contributed by atoms with Gasteiger partial charge in [0.25, 0.3) is 0 Å². The maximum atomic E-state index is 11.8. The number of piperazine rings is 1. The molecule has 1 saturated heterocycles. The van der Waals surface area contributed by atoms with Gasteiger partial charge in [0.05, 0.1) is 6.04 Å². The first-order valence-electron chi connectivity index (χ1n) is 6.63. The van der Waals surface area contributed by atoms with Crippen molar-refractivity contribution >= 4 is 11.7 Å². The van der Waals surface area contributed by atoms with Gasteiger partial charge in [0.15, 0.2) is 5.84 Å². The Kier molecular flexibility index (Phi) is 5.91. The van der Waals surface area contributed by atoms with Crippen LogP contribution in [0.5, 0.6) is 0 Å². The van der Waals surface area contributed by atoms with Crippen LogP contribution in [-0.4, -0.2) is 59.0 Å². The molecular formula is C12H24N4O2. The lowest BCUT2D eigenvalue weighted by molar-refractivity contribution is -0.133. The predicted molar refractivity (Wildman–Crippen MR) is 70.5 cm³/mol. The van der Waals surface area contributed by atoms with E-state index in [1.807, 2.05) is 18.7 Å². The van der Waals surface area contributed by atoms with E-state index >= 15 is 0 Å². The Bertz CT molecular complexity index is 298. The van der Waals surface area contributed by atoms with Crippen molar-refractivity contribution in [2.24, 2.45) is 10.9 Å². The molecule has 1 unspecified atom stereocenters. The Morgan fingerprint density at radius 3 is 2.39 bits per heavy atom. The molecule has 3 N–H and O–H groups in total. The molecule has 0 bridgehead atoms. The average molecular weight is 256 g/mol. The van der Waals surface area contributed by atoms with Crippen LogP contribution in [0.4, 0.5) is 0 Å². The van der Waals surface area contributed by atoms with Gasteiger partial charge in [-0.1, -0.05) is 19.0 Å². The minimum Gasteiger partial charge on any atom is -0.409 e. The van der Waals surface area contributed by atoms with E-state index in [1.54, 1.807) is 0 Å². The lowest BCUT2D eigenvalue weighted by Crippen LogP contribution is -2.55. The standard InChI is InChI=1S/C12H24N4O2/c1-3-5-11(17)16-8-6-15(7-9-16)10(4-2)12(13)14-18/h10,18H,3-9H2,1-2H3,(H2,13,14). The normalized spacial score (nSPS) is 19.9. The van der Waals surface area contributed by atoms with E-state index in [0.29, 0.717) is 6.42 Å². The monoisotopic (exact) mass is 256 g/mol. The van der Waals surface area contributed by atoms with Crippen molar-refractivity contribution in [3.8, 4) is 0 Å². The highest BCUT2D eigenvalue weighted by molar-refractivity contribution is 5.85. The Hall–Kier alpha value is -1.30. The van der Waals surface area contributed by atoms with E-state index in [9.17, 15) is 4.79 Å². The topological polar surface area (TPSA) is 82.2 Å². The first-order valence-corrected chi connectivity index (χ1v) is 6.63. The van der Waals surface area contributed by atoms with Crippen molar-refractivity contribution in [2.45, 2.75) is 39.2 Å². The minimum atomic E-state index is -0.0292. The molecule has 18 heavy (non-hydrogen) atoms. The van der Waals surface area contributed by atoms with Crippen LogP contribution in [0.1, 0.15) is 33.1 Å². The molecule has 1 aliphatic rings. The van der Waals surface area contributed by atoms with Gasteiger partial charge in [-0.25, -0.2) is 0 Å². The lowest BCUT2D eigenvalue weighted by Gasteiger charge is -2.38. The molecule has 0 radical (unpaired) electrons. The molecule has 0 aromatic rings. The van der Waals surface area contributed by atoms with Gasteiger partial charge in [0.1, 0.15) is 0 Å². The van der Waals surface area contributed by atoms with Crippen LogP contribution >= 0.6 is 0 Å². The number of oxime groups is 1. The van der Waals surface area contributed by atoms with E-state index in [-0.39, 0.29) is 17.8 Å². The molecule has 104 valence electrons. The molecule has 1 rings (SSSR count). The van der Waals surface area contributed by atoms with Crippen molar-refractivity contribution in [1.82, 2.24) is 9.80 Å². The molecule has 6 nitrogen and oxygen atoms in total. The van der Waals surface area contributed by atoms with Gasteiger partial charge < -0.3 is 15.8 Å². The largest absolute Gasteiger partial charge is 0.409 e. The summed E-state index contributed by atoms with van der Waals surface area (Å²) >= 11 is 0. The highest BCUT2D eigenvalue weighted by atomic mass is 16.4. The van der Waals surface area contributed by atoms with Crippen LogP contribution in [0.2, 0.25) is 0 Å². The molecule has 1 aliphatic heterocycles. The third-order valence-electron chi connectivity index (χ3n) is 3.42. The van der Waals surface area contributed by atoms with Crippen LogP contribution < -0.4 is 5.73 Å². The van der Waals surface area contributed by atoms with Gasteiger partial charge in [-0.15, -0.1) is 0 Å². The molecule has 0 aromatic heterocycles. The molecule has 0 aromatic carbocycles. The van der Waals surface area contributed by atoms with Crippen molar-refractivity contribution in [2.75, 3.05) is 26.2 Å². The van der Waals surface area contributed by atoms with Crippen LogP contribution in [0.25, 0.3) is 0 Å². The molecule has 0 aliphatic carbocycles. The van der Waals surface area contributed by atoms with Gasteiger partial charge in [-0.2, -0.15) is 0 Å². The smallest absolute Gasteiger partial charge is 0.222 e. The van der Waals surface area contributed by atoms with Crippen LogP contribution in [0.3, 0.4) is 0 Å². The molecule has 1 heterocycles. The number of hydrogen-bond donors (Lipinski definition) is 2. The van der Waals surface area contributed by atoms with E-state index in [2.05, 4.69) is 10.1 Å². The molecule has 0 spiro atoms. The van der Waals surface area contributed by atoms with Crippen molar-refractivity contribution in [3.05, 3.63) is 0 Å². The minimum absolute atomic E-state index is 0.0292. The molecule has 6 heteroatoms. The number of rotatable bonds is 5. The van der Waals surface area contributed by atoms with Crippen LogP contribution in [0, 0.1) is 0 Å². The van der Waals surface area contributed by atoms with Gasteiger partial charge in [0.2, 0.25) is 5.91 Å². The van der Waals surface area contributed by atoms with Crippen LogP contribution in [0.15, 0.2) is 5.16 Å². The summed E-state index contributed by atoms with van der Waals surface area (Å²) in [6.07, 6.45) is 2.32. The molecule has 1 atom stereocenters. The number of nitrogens with two attached hydrogens (primary N) is 1. The summed E-state index contributed by atoms with van der Waals surface area (Å²) < 4.78 is 0. The van der Waals surface area contributed by atoms with Crippen molar-refractivity contribution < 1.29 is 10.0 Å². The van der Waals surface area contributed by atoms with E-state index in [4.69, 9.17) is 10.9 Å². The number of amidine groups is 1. The summed E-state index contributed by atoms with van der Waals surface area (Å²) in [5.41, 5.74) is 5.68. The van der Waals surface area contributed by atoms with Gasteiger partial charge in [0, 0.05) is 32.6 Å². The summed E-state index contributed by atoms with van der Waals surface area (Å²) in [6.45, 7) is 7.05. The molecular weight excluding hydrogens is 232 g/mol. The van der Waals surface area contributed by atoms with E-state index < -0.39 is 0 Å². The zero-order chi connectivity index (χ0) is 13.5. The van der Waals surface area contributed by atoms with Gasteiger partial charge >= 0.3 is 0 Å². The summed E-state index contributed by atoms with van der Waals surface area (Å²) in [4.78, 5) is 15.8. The maximum Gasteiger partial charge on any atom is 0.222 e. The number of amides is 1. The summed E-state index contributed by atoms with van der Waals surface area (Å²) in [7, 11) is 0. The van der Waals surface area contributed by atoms with Crippen molar-refractivity contribution in [3.63, 3.8) is 0 Å². The fourth-order valence-corrected chi connectivity index (χ4v) is 2.38. The Balaban J connectivity index is 2.50. The second-order valence-electron chi connectivity index (χ2n) is 4.62. The zero-order valence-corrected chi connectivity index (χ0v) is 11.3. The highest BCUT2D eigenvalue weighted by Gasteiger charge is 2.26. The average Bonchev–Trinajstić information content (AvgIpc) is 2.40. The first kappa shape index (κ1) is 14.8. The van der Waals surface area contributed by atoms with E-state index in [0.717, 1.165) is 39.0 Å². The second-order valence-corrected chi connectivity index (χ2v) is 4.62. The quantitative estimate of drug-likeness (QED) is 0.324. The molecule has 1 amide bonds. The van der Waals surface area contributed by atoms with E-state index in [1.165, 1.54) is 0 Å². The van der Waals surface area contributed by atoms with Gasteiger partial charge in [-0.3, -0.25) is 9.69 Å². The Morgan fingerprint density at radius 1 is 1.33 bits per heavy atom. The number of hydrogen-bond acceptors (Lipinski definition) is 4. The highest BCUT2D eigenvalue weighted by Crippen LogP contribution is 2.11. The number of nitrogens with zero attached hydrogens (tertiary/aromatic N) is 3. The molecule has 0 saturated carbocycles. The number of carbonyl (C=O) groups is 1. The summed E-state index contributed by atoms with van der Waals surface area (Å²) in [6, 6.07) is -0.0292. The Labute approximate surface area is 108 Å². The number of carbonyl (C=O) groups excluding carboxylic acids is 1. The van der Waals surface area contributed by atoms with Gasteiger partial charge in [-0.05, 0) is 12.8 Å². The third-order valence-corrected chi connectivity index (χ3v) is 3.42. The SMILES string of the molecule is CCCC(=O)N1CCN(C(CC)C(N)=NO)CC1. The second kappa shape index (κ2) is 7.20. The van der Waals surface area contributed by atoms with Crippen LogP contribution in [-0.2, 0) is 4.79 Å². The summed E-state index contributed by atoms with van der Waals surface area (Å²) in [5, 5.41) is 11.8. The third kappa shape index (κ3) is 3.60. The maximum absolute atomic E-state index is 11.8. The predicted octanol–water partition coefficient (Wildman–Crippen LogP) is 0.456. The fourth-order valence-electron chi connectivity index (χ4n) is 2.38. The Morgan fingerprint density at radius 2 is 1.94 bits per heavy atom. The summed E-state index contributed by atoms with van der Waals surface area (Å²) in [5.74, 6) is 0.486. The van der Waals surface area contributed by atoms with Crippen molar-refractivity contribution in [1.29, 1.82) is 0 Å². The molecule has 1 fully saturated rings. The lowest BCUT2D eigenvalue weighted by atomic mass is 10.1. The zero-order valence-electron chi connectivity index (χ0n) is 11.3.